The molecule has 2 fully saturated rings. The van der Waals surface area contributed by atoms with Gasteiger partial charge in [-0.05, 0) is 58.5 Å². The lowest BCUT2D eigenvalue weighted by atomic mass is 9.88. The van der Waals surface area contributed by atoms with Gasteiger partial charge in [-0.3, -0.25) is 9.89 Å². The van der Waals surface area contributed by atoms with E-state index in [4.69, 9.17) is 14.5 Å². The summed E-state index contributed by atoms with van der Waals surface area (Å²) < 4.78 is 11.3. The number of guanidine groups is 1. The SMILES string of the molecule is CCCCOCCCNC(=NCC1(N2CCCC2)CCOCC1)NCC. The molecule has 2 saturated heterocycles. The summed E-state index contributed by atoms with van der Waals surface area (Å²) in [5, 5.41) is 6.86. The van der Waals surface area contributed by atoms with Crippen molar-refractivity contribution in [2.24, 2.45) is 4.99 Å². The first kappa shape index (κ1) is 21.5. The molecule has 2 rings (SSSR count). The Morgan fingerprint density at radius 3 is 2.50 bits per heavy atom. The average molecular weight is 369 g/mol. The highest BCUT2D eigenvalue weighted by Gasteiger charge is 2.39. The van der Waals surface area contributed by atoms with Crippen LogP contribution in [-0.4, -0.2) is 75.5 Å². The van der Waals surface area contributed by atoms with E-state index in [1.54, 1.807) is 0 Å². The smallest absolute Gasteiger partial charge is 0.191 e. The molecule has 6 nitrogen and oxygen atoms in total. The summed E-state index contributed by atoms with van der Waals surface area (Å²) in [4.78, 5) is 7.63. The molecule has 0 aromatic carbocycles. The van der Waals surface area contributed by atoms with Gasteiger partial charge in [-0.1, -0.05) is 13.3 Å². The fourth-order valence-electron chi connectivity index (χ4n) is 3.81. The van der Waals surface area contributed by atoms with Gasteiger partial charge in [0.1, 0.15) is 0 Å². The molecule has 152 valence electrons. The largest absolute Gasteiger partial charge is 0.381 e. The van der Waals surface area contributed by atoms with Crippen molar-refractivity contribution in [3.05, 3.63) is 0 Å². The van der Waals surface area contributed by atoms with Gasteiger partial charge in [-0.2, -0.15) is 0 Å². The normalized spacial score (nSPS) is 21.1. The first-order valence-corrected chi connectivity index (χ1v) is 10.7. The molecular formula is C20H40N4O2. The van der Waals surface area contributed by atoms with Crippen LogP contribution in [0.1, 0.15) is 58.8 Å². The van der Waals surface area contributed by atoms with E-state index in [-0.39, 0.29) is 5.54 Å². The molecule has 0 spiro atoms. The number of hydrogen-bond acceptors (Lipinski definition) is 4. The lowest BCUT2D eigenvalue weighted by molar-refractivity contribution is -0.0139. The Kier molecular flexibility index (Phi) is 10.3. The van der Waals surface area contributed by atoms with Crippen molar-refractivity contribution in [1.29, 1.82) is 0 Å². The van der Waals surface area contributed by atoms with Gasteiger partial charge in [-0.15, -0.1) is 0 Å². The van der Waals surface area contributed by atoms with Gasteiger partial charge in [0.05, 0.1) is 6.54 Å². The Bertz CT molecular complexity index is 391. The van der Waals surface area contributed by atoms with E-state index in [9.17, 15) is 0 Å². The van der Waals surface area contributed by atoms with Crippen LogP contribution in [0.3, 0.4) is 0 Å². The second kappa shape index (κ2) is 12.5. The van der Waals surface area contributed by atoms with E-state index >= 15 is 0 Å². The first-order chi connectivity index (χ1) is 12.8. The fourth-order valence-corrected chi connectivity index (χ4v) is 3.81. The van der Waals surface area contributed by atoms with Gasteiger partial charge in [0.25, 0.3) is 0 Å². The van der Waals surface area contributed by atoms with Crippen LogP contribution in [0.15, 0.2) is 4.99 Å². The molecule has 2 N–H and O–H groups in total. The Morgan fingerprint density at radius 2 is 1.81 bits per heavy atom. The molecule has 2 aliphatic heterocycles. The van der Waals surface area contributed by atoms with Crippen molar-refractivity contribution >= 4 is 5.96 Å². The van der Waals surface area contributed by atoms with Crippen LogP contribution in [-0.2, 0) is 9.47 Å². The minimum Gasteiger partial charge on any atom is -0.381 e. The lowest BCUT2D eigenvalue weighted by Gasteiger charge is -2.43. The van der Waals surface area contributed by atoms with Crippen LogP contribution in [0, 0.1) is 0 Å². The summed E-state index contributed by atoms with van der Waals surface area (Å²) in [5.41, 5.74) is 0.195. The second-order valence-corrected chi connectivity index (χ2v) is 7.47. The standard InChI is InChI=1S/C20H40N4O2/c1-3-5-14-25-15-8-11-22-19(21-4-2)23-18-20(9-16-26-17-10-20)24-12-6-7-13-24/h3-18H2,1-2H3,(H2,21,22,23). The molecule has 6 heteroatoms. The van der Waals surface area contributed by atoms with E-state index in [0.717, 1.165) is 77.7 Å². The molecule has 0 amide bonds. The van der Waals surface area contributed by atoms with Gasteiger partial charge < -0.3 is 20.1 Å². The second-order valence-electron chi connectivity index (χ2n) is 7.47. The first-order valence-electron chi connectivity index (χ1n) is 10.7. The molecule has 0 atom stereocenters. The molecule has 0 aromatic heterocycles. The Hall–Kier alpha value is -0.850. The summed E-state index contributed by atoms with van der Waals surface area (Å²) in [5.74, 6) is 0.936. The van der Waals surface area contributed by atoms with Gasteiger partial charge in [0.2, 0.25) is 0 Å². The highest BCUT2D eigenvalue weighted by atomic mass is 16.5. The average Bonchev–Trinajstić information content (AvgIpc) is 3.21. The summed E-state index contributed by atoms with van der Waals surface area (Å²) in [7, 11) is 0. The quantitative estimate of drug-likeness (QED) is 0.333. The van der Waals surface area contributed by atoms with Crippen molar-refractivity contribution in [3.63, 3.8) is 0 Å². The topological polar surface area (TPSA) is 58.1 Å². The van der Waals surface area contributed by atoms with Gasteiger partial charge in [-0.25, -0.2) is 0 Å². The van der Waals surface area contributed by atoms with Gasteiger partial charge in [0, 0.05) is 45.1 Å². The number of rotatable bonds is 11. The maximum Gasteiger partial charge on any atom is 0.191 e. The van der Waals surface area contributed by atoms with E-state index in [2.05, 4.69) is 29.4 Å². The van der Waals surface area contributed by atoms with Crippen LogP contribution < -0.4 is 10.6 Å². The predicted molar refractivity (Wildman–Crippen MR) is 108 cm³/mol. The third-order valence-electron chi connectivity index (χ3n) is 5.48. The molecule has 0 radical (unpaired) electrons. The van der Waals surface area contributed by atoms with Crippen LogP contribution >= 0.6 is 0 Å². The number of likely N-dealkylation sites (tertiary alicyclic amines) is 1. The summed E-state index contributed by atoms with van der Waals surface area (Å²) in [6.07, 6.45) is 8.20. The zero-order chi connectivity index (χ0) is 18.5. The van der Waals surface area contributed by atoms with E-state index in [1.807, 2.05) is 0 Å². The van der Waals surface area contributed by atoms with Crippen molar-refractivity contribution in [1.82, 2.24) is 15.5 Å². The molecule has 26 heavy (non-hydrogen) atoms. The minimum atomic E-state index is 0.195. The minimum absolute atomic E-state index is 0.195. The summed E-state index contributed by atoms with van der Waals surface area (Å²) in [6.45, 7) is 12.8. The summed E-state index contributed by atoms with van der Waals surface area (Å²) >= 11 is 0. The molecular weight excluding hydrogens is 328 g/mol. The molecule has 0 saturated carbocycles. The predicted octanol–water partition coefficient (Wildman–Crippen LogP) is 2.39. The van der Waals surface area contributed by atoms with Crippen molar-refractivity contribution < 1.29 is 9.47 Å². The number of nitrogens with zero attached hydrogens (tertiary/aromatic N) is 2. The number of hydrogen-bond donors (Lipinski definition) is 2. The Morgan fingerprint density at radius 1 is 1.08 bits per heavy atom. The van der Waals surface area contributed by atoms with Gasteiger partial charge in [0.15, 0.2) is 5.96 Å². The monoisotopic (exact) mass is 368 g/mol. The van der Waals surface area contributed by atoms with Crippen LogP contribution in [0.4, 0.5) is 0 Å². The maximum absolute atomic E-state index is 5.64. The third kappa shape index (κ3) is 7.05. The number of aliphatic imine (C=N–C) groups is 1. The van der Waals surface area contributed by atoms with Crippen LogP contribution in [0.25, 0.3) is 0 Å². The van der Waals surface area contributed by atoms with Crippen LogP contribution in [0.5, 0.6) is 0 Å². The molecule has 2 aliphatic rings. The molecule has 2 heterocycles. The van der Waals surface area contributed by atoms with E-state index in [1.165, 1.54) is 32.4 Å². The summed E-state index contributed by atoms with van der Waals surface area (Å²) in [6, 6.07) is 0. The Labute approximate surface area is 160 Å². The number of unbranched alkanes of at least 4 members (excludes halogenated alkanes) is 1. The highest BCUT2D eigenvalue weighted by molar-refractivity contribution is 5.79. The zero-order valence-electron chi connectivity index (χ0n) is 17.0. The van der Waals surface area contributed by atoms with Crippen LogP contribution in [0.2, 0.25) is 0 Å². The fraction of sp³-hybridized carbons (Fsp3) is 0.950. The lowest BCUT2D eigenvalue weighted by Crippen LogP contribution is -2.54. The van der Waals surface area contributed by atoms with E-state index < -0.39 is 0 Å². The maximum atomic E-state index is 5.64. The molecule has 0 aromatic rings. The highest BCUT2D eigenvalue weighted by Crippen LogP contribution is 2.31. The van der Waals surface area contributed by atoms with Crippen molar-refractivity contribution in [2.75, 3.05) is 59.2 Å². The molecule has 0 aliphatic carbocycles. The van der Waals surface area contributed by atoms with Gasteiger partial charge >= 0.3 is 0 Å². The zero-order valence-corrected chi connectivity index (χ0v) is 17.0. The Balaban J connectivity index is 1.81. The third-order valence-corrected chi connectivity index (χ3v) is 5.48. The van der Waals surface area contributed by atoms with E-state index in [0.29, 0.717) is 0 Å². The number of nitrogens with one attached hydrogen (secondary N) is 2. The van der Waals surface area contributed by atoms with Crippen molar-refractivity contribution in [2.45, 2.75) is 64.3 Å². The molecule has 0 unspecified atom stereocenters. The van der Waals surface area contributed by atoms with Crippen molar-refractivity contribution in [3.8, 4) is 0 Å². The molecule has 0 bridgehead atoms. The number of ether oxygens (including phenoxy) is 2.